The smallest absolute Gasteiger partial charge is 0.115 e. The monoisotopic (exact) mass is 177 g/mol. The van der Waals surface area contributed by atoms with Gasteiger partial charge in [0.15, 0.2) is 0 Å². The fourth-order valence-electron chi connectivity index (χ4n) is 1.99. The number of hydrogen-bond donors (Lipinski definition) is 2. The molecule has 2 N–H and O–H groups in total. The average molecular weight is 177 g/mol. The molecule has 1 aromatic carbocycles. The molecule has 0 saturated heterocycles. The van der Waals surface area contributed by atoms with Gasteiger partial charge in [0.1, 0.15) is 5.75 Å². The predicted octanol–water partition coefficient (Wildman–Crippen LogP) is 1.47. The van der Waals surface area contributed by atoms with Crippen molar-refractivity contribution in [2.45, 2.75) is 25.3 Å². The van der Waals surface area contributed by atoms with Crippen LogP contribution in [0, 0.1) is 0 Å². The van der Waals surface area contributed by atoms with Gasteiger partial charge in [-0.2, -0.15) is 0 Å². The normalized spacial score (nSPS) is 21.2. The molecule has 0 spiro atoms. The Labute approximate surface area is 78.6 Å². The lowest BCUT2D eigenvalue weighted by Gasteiger charge is -2.24. The number of hydrogen-bond acceptors (Lipinski definition) is 2. The van der Waals surface area contributed by atoms with Gasteiger partial charge in [0.05, 0.1) is 0 Å². The Balaban J connectivity index is 2.27. The zero-order chi connectivity index (χ0) is 9.26. The minimum atomic E-state index is 0.385. The van der Waals surface area contributed by atoms with E-state index in [1.807, 2.05) is 19.2 Å². The first kappa shape index (κ1) is 8.57. The molecule has 1 aliphatic rings. The summed E-state index contributed by atoms with van der Waals surface area (Å²) in [7, 11) is 2.00. The third-order valence-corrected chi connectivity index (χ3v) is 2.83. The molecule has 2 rings (SSSR count). The van der Waals surface area contributed by atoms with E-state index in [4.69, 9.17) is 0 Å². The predicted molar refractivity (Wildman–Crippen MR) is 53.0 cm³/mol. The van der Waals surface area contributed by atoms with E-state index in [2.05, 4.69) is 5.32 Å². The Morgan fingerprint density at radius 3 is 3.00 bits per heavy atom. The third-order valence-electron chi connectivity index (χ3n) is 2.83. The van der Waals surface area contributed by atoms with E-state index >= 15 is 0 Å². The molecule has 0 fully saturated rings. The zero-order valence-corrected chi connectivity index (χ0v) is 7.88. The fraction of sp³-hybridized carbons (Fsp3) is 0.455. The molecule has 13 heavy (non-hydrogen) atoms. The SMILES string of the molecule is CNC1CCc2ccc(O)cc2C1. The lowest BCUT2D eigenvalue weighted by atomic mass is 9.88. The van der Waals surface area contributed by atoms with Gasteiger partial charge in [-0.25, -0.2) is 0 Å². The van der Waals surface area contributed by atoms with Gasteiger partial charge in [0.25, 0.3) is 0 Å². The van der Waals surface area contributed by atoms with E-state index in [0.717, 1.165) is 12.8 Å². The fourth-order valence-corrected chi connectivity index (χ4v) is 1.99. The van der Waals surface area contributed by atoms with Crippen LogP contribution in [0.25, 0.3) is 0 Å². The van der Waals surface area contributed by atoms with Crippen LogP contribution in [-0.4, -0.2) is 18.2 Å². The molecular weight excluding hydrogens is 162 g/mol. The van der Waals surface area contributed by atoms with Crippen molar-refractivity contribution in [3.8, 4) is 5.75 Å². The minimum Gasteiger partial charge on any atom is -0.508 e. The van der Waals surface area contributed by atoms with Crippen molar-refractivity contribution in [2.24, 2.45) is 0 Å². The van der Waals surface area contributed by atoms with Gasteiger partial charge in [0, 0.05) is 6.04 Å². The third kappa shape index (κ3) is 1.68. The van der Waals surface area contributed by atoms with Gasteiger partial charge in [0.2, 0.25) is 0 Å². The minimum absolute atomic E-state index is 0.385. The van der Waals surface area contributed by atoms with Gasteiger partial charge in [-0.1, -0.05) is 6.07 Å². The summed E-state index contributed by atoms with van der Waals surface area (Å²) in [5.41, 5.74) is 2.69. The quantitative estimate of drug-likeness (QED) is 0.681. The van der Waals surface area contributed by atoms with Crippen LogP contribution >= 0.6 is 0 Å². The van der Waals surface area contributed by atoms with Gasteiger partial charge in [-0.3, -0.25) is 0 Å². The number of phenolic OH excluding ortho intramolecular Hbond substituents is 1. The maximum Gasteiger partial charge on any atom is 0.115 e. The van der Waals surface area contributed by atoms with E-state index in [1.165, 1.54) is 17.5 Å². The molecule has 0 aromatic heterocycles. The number of phenols is 1. The molecular formula is C11H15NO. The number of rotatable bonds is 1. The molecule has 1 aromatic rings. The summed E-state index contributed by atoms with van der Waals surface area (Å²) in [4.78, 5) is 0. The molecule has 0 amide bonds. The van der Waals surface area contributed by atoms with Crippen molar-refractivity contribution < 1.29 is 5.11 Å². The molecule has 0 aliphatic heterocycles. The van der Waals surface area contributed by atoms with E-state index in [1.54, 1.807) is 6.07 Å². The van der Waals surface area contributed by atoms with E-state index in [-0.39, 0.29) is 0 Å². The number of aryl methyl sites for hydroxylation is 1. The second-order valence-electron chi connectivity index (χ2n) is 3.68. The van der Waals surface area contributed by atoms with E-state index in [9.17, 15) is 5.11 Å². The summed E-state index contributed by atoms with van der Waals surface area (Å²) < 4.78 is 0. The Morgan fingerprint density at radius 1 is 1.38 bits per heavy atom. The first-order chi connectivity index (χ1) is 6.29. The molecule has 0 saturated carbocycles. The lowest BCUT2D eigenvalue weighted by molar-refractivity contribution is 0.466. The van der Waals surface area contributed by atoms with E-state index in [0.29, 0.717) is 11.8 Å². The summed E-state index contributed by atoms with van der Waals surface area (Å²) in [6, 6.07) is 6.28. The molecule has 0 heterocycles. The topological polar surface area (TPSA) is 32.3 Å². The van der Waals surface area contributed by atoms with Crippen molar-refractivity contribution in [3.05, 3.63) is 29.3 Å². The average Bonchev–Trinajstić information content (AvgIpc) is 2.16. The standard InChI is InChI=1S/C11H15NO/c1-12-10-4-2-8-3-5-11(13)7-9(8)6-10/h3,5,7,10,12-13H,2,4,6H2,1H3. The van der Waals surface area contributed by atoms with Gasteiger partial charge in [-0.05, 0) is 49.6 Å². The Hall–Kier alpha value is -1.02. The van der Waals surface area contributed by atoms with E-state index < -0.39 is 0 Å². The Morgan fingerprint density at radius 2 is 2.23 bits per heavy atom. The first-order valence-electron chi connectivity index (χ1n) is 4.77. The van der Waals surface area contributed by atoms with Crippen LogP contribution in [0.15, 0.2) is 18.2 Å². The highest BCUT2D eigenvalue weighted by Gasteiger charge is 2.16. The molecule has 2 nitrogen and oxygen atoms in total. The summed E-state index contributed by atoms with van der Waals surface area (Å²) in [6.07, 6.45) is 3.37. The molecule has 1 atom stereocenters. The number of fused-ring (bicyclic) bond motifs is 1. The molecule has 0 radical (unpaired) electrons. The van der Waals surface area contributed by atoms with Crippen LogP contribution < -0.4 is 5.32 Å². The van der Waals surface area contributed by atoms with Crippen LogP contribution in [0.5, 0.6) is 5.75 Å². The van der Waals surface area contributed by atoms with Gasteiger partial charge in [-0.15, -0.1) is 0 Å². The maximum absolute atomic E-state index is 9.33. The molecule has 0 bridgehead atoms. The van der Waals surface area contributed by atoms with Crippen LogP contribution in [0.4, 0.5) is 0 Å². The Kier molecular flexibility index (Phi) is 2.23. The molecule has 2 heteroatoms. The highest BCUT2D eigenvalue weighted by atomic mass is 16.3. The van der Waals surface area contributed by atoms with Crippen LogP contribution in [0.3, 0.4) is 0 Å². The second-order valence-corrected chi connectivity index (χ2v) is 3.68. The first-order valence-corrected chi connectivity index (χ1v) is 4.77. The maximum atomic E-state index is 9.33. The second kappa shape index (κ2) is 3.38. The molecule has 1 aliphatic carbocycles. The summed E-state index contributed by atoms with van der Waals surface area (Å²) in [5, 5.41) is 12.6. The van der Waals surface area contributed by atoms with Crippen molar-refractivity contribution in [1.29, 1.82) is 0 Å². The molecule has 70 valence electrons. The number of benzene rings is 1. The summed E-state index contributed by atoms with van der Waals surface area (Å²) >= 11 is 0. The van der Waals surface area contributed by atoms with Gasteiger partial charge < -0.3 is 10.4 Å². The largest absolute Gasteiger partial charge is 0.508 e. The van der Waals surface area contributed by atoms with Crippen LogP contribution in [0.1, 0.15) is 17.5 Å². The van der Waals surface area contributed by atoms with Crippen molar-refractivity contribution in [1.82, 2.24) is 5.32 Å². The Bertz CT molecular complexity index is 309. The van der Waals surface area contributed by atoms with Crippen molar-refractivity contribution in [3.63, 3.8) is 0 Å². The highest BCUT2D eigenvalue weighted by molar-refractivity contribution is 5.37. The summed E-state index contributed by atoms with van der Waals surface area (Å²) in [5.74, 6) is 0.385. The lowest BCUT2D eigenvalue weighted by Crippen LogP contribution is -2.31. The van der Waals surface area contributed by atoms with Gasteiger partial charge >= 0.3 is 0 Å². The zero-order valence-electron chi connectivity index (χ0n) is 7.88. The number of aromatic hydroxyl groups is 1. The number of likely N-dealkylation sites (N-methyl/N-ethyl adjacent to an activating group) is 1. The molecule has 1 unspecified atom stereocenters. The van der Waals surface area contributed by atoms with Crippen molar-refractivity contribution >= 4 is 0 Å². The van der Waals surface area contributed by atoms with Crippen LogP contribution in [0.2, 0.25) is 0 Å². The number of nitrogens with one attached hydrogen (secondary N) is 1. The van der Waals surface area contributed by atoms with Crippen LogP contribution in [-0.2, 0) is 12.8 Å². The summed E-state index contributed by atoms with van der Waals surface area (Å²) in [6.45, 7) is 0. The van der Waals surface area contributed by atoms with Crippen molar-refractivity contribution in [2.75, 3.05) is 7.05 Å². The highest BCUT2D eigenvalue weighted by Crippen LogP contribution is 2.24.